The second kappa shape index (κ2) is 11.3. The Bertz CT molecular complexity index is 1710. The third-order valence-corrected chi connectivity index (χ3v) is 7.79. The normalized spacial score (nSPS) is 11.1. The van der Waals surface area contributed by atoms with E-state index in [0.717, 1.165) is 20.8 Å². The third-order valence-electron chi connectivity index (χ3n) is 5.23. The predicted molar refractivity (Wildman–Crippen MR) is 146 cm³/mol. The van der Waals surface area contributed by atoms with Crippen LogP contribution in [0.5, 0.6) is 0 Å². The van der Waals surface area contributed by atoms with Crippen LogP contribution >= 0.6 is 39.1 Å². The van der Waals surface area contributed by atoms with Gasteiger partial charge in [-0.15, -0.1) is 0 Å². The molecule has 0 amide bonds. The molecule has 0 spiro atoms. The van der Waals surface area contributed by atoms with E-state index in [2.05, 4.69) is 36.7 Å². The number of hydrogen-bond donors (Lipinski definition) is 1. The highest BCUT2D eigenvalue weighted by molar-refractivity contribution is 9.10. The number of nitriles is 1. The molecule has 0 aliphatic rings. The highest BCUT2D eigenvalue weighted by Gasteiger charge is 2.14. The van der Waals surface area contributed by atoms with Gasteiger partial charge in [0.15, 0.2) is 0 Å². The zero-order valence-electron chi connectivity index (χ0n) is 18.5. The largest absolute Gasteiger partial charge is 0.255 e. The standard InChI is InChI=1S/C16H12BrClN2O2S.C10H5ClN2/c17-12-4-6-13(7-5-12)23(21,22)20-10-11-8-9-19-16-14(11)2-1-3-15(16)18;11-9-3-1-2-8-7(6-12)4-5-13-10(8)9/h1-9,20H,10H2;1-5H. The zero-order valence-corrected chi connectivity index (χ0v) is 22.4. The number of rotatable bonds is 4. The molecule has 0 fully saturated rings. The number of fused-ring (bicyclic) bond motifs is 2. The minimum absolute atomic E-state index is 0.164. The molecule has 0 aliphatic heterocycles. The molecule has 6 nitrogen and oxygen atoms in total. The summed E-state index contributed by atoms with van der Waals surface area (Å²) >= 11 is 15.3. The van der Waals surface area contributed by atoms with Crippen LogP contribution in [0.15, 0.2) is 94.6 Å². The number of benzene rings is 3. The van der Waals surface area contributed by atoms with Crippen molar-refractivity contribution >= 4 is 71.0 Å². The fraction of sp³-hybridized carbons (Fsp3) is 0.0385. The van der Waals surface area contributed by atoms with Gasteiger partial charge in [0.1, 0.15) is 0 Å². The summed E-state index contributed by atoms with van der Waals surface area (Å²) in [4.78, 5) is 8.57. The molecule has 2 heterocycles. The van der Waals surface area contributed by atoms with Crippen molar-refractivity contribution in [3.63, 3.8) is 0 Å². The molecule has 5 rings (SSSR count). The van der Waals surface area contributed by atoms with Gasteiger partial charge in [-0.25, -0.2) is 13.1 Å². The molecule has 2 aromatic heterocycles. The smallest absolute Gasteiger partial charge is 0.240 e. The van der Waals surface area contributed by atoms with Crippen LogP contribution in [-0.2, 0) is 16.6 Å². The van der Waals surface area contributed by atoms with Crippen molar-refractivity contribution < 1.29 is 8.42 Å². The lowest BCUT2D eigenvalue weighted by Crippen LogP contribution is -2.23. The SMILES string of the molecule is N#Cc1ccnc2c(Cl)cccc12.O=S(=O)(NCc1ccnc2c(Cl)cccc12)c1ccc(Br)cc1. The van der Waals surface area contributed by atoms with E-state index in [9.17, 15) is 8.42 Å². The van der Waals surface area contributed by atoms with Gasteiger partial charge in [0, 0.05) is 34.2 Å². The van der Waals surface area contributed by atoms with E-state index in [-0.39, 0.29) is 11.4 Å². The number of sulfonamides is 1. The number of nitrogens with zero attached hydrogens (tertiary/aromatic N) is 3. The van der Waals surface area contributed by atoms with E-state index < -0.39 is 10.0 Å². The molecule has 0 saturated heterocycles. The van der Waals surface area contributed by atoms with E-state index in [4.69, 9.17) is 28.5 Å². The van der Waals surface area contributed by atoms with Crippen molar-refractivity contribution in [3.05, 3.63) is 111 Å². The number of para-hydroxylation sites is 2. The molecule has 180 valence electrons. The Morgan fingerprint density at radius 1 is 0.833 bits per heavy atom. The number of aromatic nitrogens is 2. The first-order valence-corrected chi connectivity index (χ1v) is 13.5. The van der Waals surface area contributed by atoms with Gasteiger partial charge in [-0.3, -0.25) is 9.97 Å². The average molecular weight is 600 g/mol. The molecule has 0 atom stereocenters. The Balaban J connectivity index is 0.000000197. The second-order valence-electron chi connectivity index (χ2n) is 7.49. The Morgan fingerprint density at radius 2 is 1.42 bits per heavy atom. The third kappa shape index (κ3) is 5.84. The lowest BCUT2D eigenvalue weighted by Gasteiger charge is -2.09. The maximum atomic E-state index is 12.4. The van der Waals surface area contributed by atoms with Crippen molar-refractivity contribution in [3.8, 4) is 6.07 Å². The van der Waals surface area contributed by atoms with Gasteiger partial charge in [0.25, 0.3) is 0 Å². The van der Waals surface area contributed by atoms with Crippen molar-refractivity contribution in [1.29, 1.82) is 5.26 Å². The number of pyridine rings is 2. The Labute approximate surface area is 226 Å². The Hall–Kier alpha value is -3.06. The molecule has 5 aromatic rings. The van der Waals surface area contributed by atoms with E-state index in [1.807, 2.05) is 24.3 Å². The molecule has 0 saturated carbocycles. The maximum absolute atomic E-state index is 12.4. The van der Waals surface area contributed by atoms with Gasteiger partial charge in [0.2, 0.25) is 10.0 Å². The topological polar surface area (TPSA) is 95.7 Å². The minimum Gasteiger partial charge on any atom is -0.255 e. The molecule has 0 bridgehead atoms. The van der Waals surface area contributed by atoms with Crippen molar-refractivity contribution in [1.82, 2.24) is 14.7 Å². The van der Waals surface area contributed by atoms with Crippen LogP contribution in [0.2, 0.25) is 10.0 Å². The summed E-state index contributed by atoms with van der Waals surface area (Å²) in [6.07, 6.45) is 3.21. The highest BCUT2D eigenvalue weighted by atomic mass is 79.9. The van der Waals surface area contributed by atoms with Crippen LogP contribution in [0.1, 0.15) is 11.1 Å². The summed E-state index contributed by atoms with van der Waals surface area (Å²) in [7, 11) is -3.58. The Morgan fingerprint density at radius 3 is 2.06 bits per heavy atom. The first-order valence-electron chi connectivity index (χ1n) is 10.5. The first-order chi connectivity index (χ1) is 17.3. The van der Waals surface area contributed by atoms with Crippen LogP contribution < -0.4 is 4.72 Å². The van der Waals surface area contributed by atoms with Gasteiger partial charge in [-0.2, -0.15) is 5.26 Å². The molecule has 1 N–H and O–H groups in total. The maximum Gasteiger partial charge on any atom is 0.240 e. The van der Waals surface area contributed by atoms with E-state index in [1.54, 1.807) is 60.9 Å². The average Bonchev–Trinajstić information content (AvgIpc) is 2.88. The predicted octanol–water partition coefficient (Wildman–Crippen LogP) is 6.89. The van der Waals surface area contributed by atoms with E-state index >= 15 is 0 Å². The van der Waals surface area contributed by atoms with Gasteiger partial charge >= 0.3 is 0 Å². The van der Waals surface area contributed by atoms with Crippen molar-refractivity contribution in [2.75, 3.05) is 0 Å². The highest BCUT2D eigenvalue weighted by Crippen LogP contribution is 2.25. The summed E-state index contributed by atoms with van der Waals surface area (Å²) in [5.74, 6) is 0. The van der Waals surface area contributed by atoms with Gasteiger partial charge < -0.3 is 0 Å². The summed E-state index contributed by atoms with van der Waals surface area (Å²) in [6, 6.07) is 22.9. The fourth-order valence-corrected chi connectivity index (χ4v) is 5.18. The monoisotopic (exact) mass is 598 g/mol. The van der Waals surface area contributed by atoms with Crippen molar-refractivity contribution in [2.45, 2.75) is 11.4 Å². The number of hydrogen-bond acceptors (Lipinski definition) is 5. The molecule has 0 radical (unpaired) electrons. The van der Waals surface area contributed by atoms with Gasteiger partial charge in [-0.1, -0.05) is 63.4 Å². The quantitative estimate of drug-likeness (QED) is 0.243. The fourth-order valence-electron chi connectivity index (χ4n) is 3.46. The van der Waals surface area contributed by atoms with Gasteiger partial charge in [0.05, 0.1) is 37.6 Å². The lowest BCUT2D eigenvalue weighted by molar-refractivity contribution is 0.581. The number of nitrogens with one attached hydrogen (secondary N) is 1. The van der Waals surface area contributed by atoms with Crippen LogP contribution in [-0.4, -0.2) is 18.4 Å². The molecule has 0 aliphatic carbocycles. The zero-order chi connectivity index (χ0) is 25.7. The van der Waals surface area contributed by atoms with E-state index in [0.29, 0.717) is 26.6 Å². The van der Waals surface area contributed by atoms with Crippen LogP contribution in [0.4, 0.5) is 0 Å². The van der Waals surface area contributed by atoms with Crippen LogP contribution in [0.3, 0.4) is 0 Å². The number of halogens is 3. The molecular formula is C26H17BrCl2N4O2S. The van der Waals surface area contributed by atoms with E-state index in [1.165, 1.54) is 0 Å². The molecule has 3 aromatic carbocycles. The van der Waals surface area contributed by atoms with Crippen LogP contribution in [0.25, 0.3) is 21.8 Å². The first kappa shape index (κ1) is 26.0. The summed E-state index contributed by atoms with van der Waals surface area (Å²) in [6.45, 7) is 0.164. The second-order valence-corrected chi connectivity index (χ2v) is 11.0. The van der Waals surface area contributed by atoms with Crippen LogP contribution in [0, 0.1) is 11.3 Å². The minimum atomic E-state index is -3.58. The molecule has 10 heteroatoms. The Kier molecular flexibility index (Phi) is 8.19. The molecule has 36 heavy (non-hydrogen) atoms. The van der Waals surface area contributed by atoms with Crippen molar-refractivity contribution in [2.24, 2.45) is 0 Å². The summed E-state index contributed by atoms with van der Waals surface area (Å²) in [5.41, 5.74) is 2.77. The lowest BCUT2D eigenvalue weighted by atomic mass is 10.1. The molecule has 0 unspecified atom stereocenters. The van der Waals surface area contributed by atoms with Gasteiger partial charge in [-0.05, 0) is 54.1 Å². The summed E-state index contributed by atoms with van der Waals surface area (Å²) in [5, 5.41) is 11.6. The summed E-state index contributed by atoms with van der Waals surface area (Å²) < 4.78 is 28.1. The molecular weight excluding hydrogens is 583 g/mol.